The van der Waals surface area contributed by atoms with E-state index in [1.54, 1.807) is 4.57 Å². The Morgan fingerprint density at radius 1 is 1.31 bits per heavy atom. The van der Waals surface area contributed by atoms with Gasteiger partial charge in [-0.3, -0.25) is 9.36 Å². The van der Waals surface area contributed by atoms with Crippen LogP contribution in [0, 0.1) is 0 Å². The van der Waals surface area contributed by atoms with E-state index in [1.165, 1.54) is 24.5 Å². The highest BCUT2D eigenvalue weighted by Gasteiger charge is 2.32. The second kappa shape index (κ2) is 6.86. The molecule has 0 bridgehead atoms. The number of allylic oxidation sites excluding steroid dienone is 1. The van der Waals surface area contributed by atoms with E-state index in [4.69, 9.17) is 21.3 Å². The molecule has 8 heteroatoms. The van der Waals surface area contributed by atoms with Crippen LogP contribution in [0.3, 0.4) is 0 Å². The summed E-state index contributed by atoms with van der Waals surface area (Å²) in [6.07, 6.45) is 4.05. The fourth-order valence-electron chi connectivity index (χ4n) is 3.95. The van der Waals surface area contributed by atoms with Gasteiger partial charge in [0.25, 0.3) is 5.56 Å². The number of ether oxygens (including phenoxy) is 1. The average molecular weight is 426 g/mol. The number of nitrogens with zero attached hydrogens (tertiary/aromatic N) is 3. The fraction of sp³-hybridized carbons (Fsp3) is 0.190. The molecule has 0 spiro atoms. The SMILES string of the molecule is COC(=O)/C=c1\sc2n(c1=O)C(c1ccc(Cl)cc1)C1=C(N=2)c2cccn2CC1. The number of methoxy groups -OCH3 is 1. The third-order valence-corrected chi connectivity index (χ3v) is 6.50. The normalized spacial score (nSPS) is 18.0. The van der Waals surface area contributed by atoms with Gasteiger partial charge in [0.05, 0.1) is 24.5 Å². The number of hydrogen-bond acceptors (Lipinski definition) is 5. The van der Waals surface area contributed by atoms with Gasteiger partial charge in [-0.1, -0.05) is 35.1 Å². The molecule has 0 radical (unpaired) electrons. The number of rotatable bonds is 2. The second-order valence-corrected chi connectivity index (χ2v) is 8.31. The summed E-state index contributed by atoms with van der Waals surface area (Å²) in [7, 11) is 1.29. The van der Waals surface area contributed by atoms with Crippen LogP contribution in [0.5, 0.6) is 0 Å². The zero-order chi connectivity index (χ0) is 20.1. The summed E-state index contributed by atoms with van der Waals surface area (Å²) in [5, 5.41) is 0.638. The molecule has 3 aromatic rings. The lowest BCUT2D eigenvalue weighted by Crippen LogP contribution is -2.39. The number of benzene rings is 1. The van der Waals surface area contributed by atoms with Crippen LogP contribution >= 0.6 is 22.9 Å². The minimum atomic E-state index is -0.559. The van der Waals surface area contributed by atoms with Gasteiger partial charge in [0.2, 0.25) is 0 Å². The molecule has 0 N–H and O–H groups in total. The molecular formula is C21H16ClN3O3S. The number of carbonyl (C=O) groups is 1. The Labute approximate surface area is 174 Å². The first-order chi connectivity index (χ1) is 14.1. The van der Waals surface area contributed by atoms with Crippen molar-refractivity contribution < 1.29 is 9.53 Å². The number of fused-ring (bicyclic) bond motifs is 3. The maximum absolute atomic E-state index is 13.2. The van der Waals surface area contributed by atoms with E-state index in [0.717, 1.165) is 35.5 Å². The number of hydrogen-bond donors (Lipinski definition) is 0. The molecule has 2 aliphatic rings. The Hall–Kier alpha value is -2.90. The van der Waals surface area contributed by atoms with Gasteiger partial charge in [0.1, 0.15) is 4.53 Å². The number of esters is 1. The largest absolute Gasteiger partial charge is 0.466 e. The predicted octanol–water partition coefficient (Wildman–Crippen LogP) is 2.36. The van der Waals surface area contributed by atoms with Gasteiger partial charge in [0, 0.05) is 23.8 Å². The zero-order valence-corrected chi connectivity index (χ0v) is 17.0. The van der Waals surface area contributed by atoms with Crippen LogP contribution < -0.4 is 14.9 Å². The summed E-state index contributed by atoms with van der Waals surface area (Å²) in [6, 6.07) is 11.3. The summed E-state index contributed by atoms with van der Waals surface area (Å²) >= 11 is 7.29. The summed E-state index contributed by atoms with van der Waals surface area (Å²) in [6.45, 7) is 0.830. The summed E-state index contributed by atoms with van der Waals surface area (Å²) in [4.78, 5) is 30.3. The molecule has 4 heterocycles. The van der Waals surface area contributed by atoms with Gasteiger partial charge in [-0.15, -0.1) is 0 Å². The molecule has 146 valence electrons. The summed E-state index contributed by atoms with van der Waals surface area (Å²) in [5.41, 5.74) is 3.74. The van der Waals surface area contributed by atoms with E-state index in [2.05, 4.69) is 4.57 Å². The van der Waals surface area contributed by atoms with Gasteiger partial charge >= 0.3 is 5.97 Å². The number of aryl methyl sites for hydroxylation is 1. The van der Waals surface area contributed by atoms with Crippen molar-refractivity contribution in [2.75, 3.05) is 7.11 Å². The first-order valence-corrected chi connectivity index (χ1v) is 10.3. The zero-order valence-electron chi connectivity index (χ0n) is 15.5. The quantitative estimate of drug-likeness (QED) is 0.592. The Kier molecular flexibility index (Phi) is 4.29. The van der Waals surface area contributed by atoms with Crippen molar-refractivity contribution in [1.29, 1.82) is 0 Å². The van der Waals surface area contributed by atoms with Crippen molar-refractivity contribution in [3.8, 4) is 0 Å². The molecule has 1 aromatic carbocycles. The molecule has 2 aromatic heterocycles. The second-order valence-electron chi connectivity index (χ2n) is 6.87. The van der Waals surface area contributed by atoms with E-state index in [0.29, 0.717) is 14.4 Å². The Morgan fingerprint density at radius 3 is 2.86 bits per heavy atom. The van der Waals surface area contributed by atoms with Crippen LogP contribution in [-0.2, 0) is 16.1 Å². The van der Waals surface area contributed by atoms with E-state index in [1.807, 2.05) is 42.6 Å². The van der Waals surface area contributed by atoms with Gasteiger partial charge in [0.15, 0.2) is 4.80 Å². The minimum absolute atomic E-state index is 0.244. The lowest BCUT2D eigenvalue weighted by atomic mass is 9.91. The van der Waals surface area contributed by atoms with E-state index in [9.17, 15) is 9.59 Å². The first-order valence-electron chi connectivity index (χ1n) is 9.10. The smallest absolute Gasteiger partial charge is 0.332 e. The topological polar surface area (TPSA) is 65.6 Å². The molecule has 0 fully saturated rings. The summed E-state index contributed by atoms with van der Waals surface area (Å²) in [5.74, 6) is -0.559. The predicted molar refractivity (Wildman–Crippen MR) is 111 cm³/mol. The maximum atomic E-state index is 13.2. The Balaban J connectivity index is 1.81. The van der Waals surface area contributed by atoms with Crippen LogP contribution in [0.1, 0.15) is 23.7 Å². The van der Waals surface area contributed by atoms with Crippen LogP contribution in [0.2, 0.25) is 5.02 Å². The van der Waals surface area contributed by atoms with Gasteiger partial charge in [-0.05, 0) is 41.8 Å². The van der Waals surface area contributed by atoms with Crippen molar-refractivity contribution in [2.24, 2.45) is 4.99 Å². The van der Waals surface area contributed by atoms with Gasteiger partial charge < -0.3 is 9.30 Å². The molecule has 0 saturated carbocycles. The lowest BCUT2D eigenvalue weighted by Gasteiger charge is -2.30. The number of aromatic nitrogens is 2. The van der Waals surface area contributed by atoms with Crippen LogP contribution in [-0.4, -0.2) is 22.2 Å². The van der Waals surface area contributed by atoms with Crippen molar-refractivity contribution in [2.45, 2.75) is 19.0 Å². The van der Waals surface area contributed by atoms with Crippen LogP contribution in [0.25, 0.3) is 11.8 Å². The molecule has 0 saturated heterocycles. The molecule has 6 nitrogen and oxygen atoms in total. The highest BCUT2D eigenvalue weighted by Crippen LogP contribution is 2.39. The molecular weight excluding hydrogens is 410 g/mol. The number of halogens is 1. The van der Waals surface area contributed by atoms with Gasteiger partial charge in [-0.2, -0.15) is 0 Å². The molecule has 1 unspecified atom stereocenters. The van der Waals surface area contributed by atoms with Crippen molar-refractivity contribution in [3.05, 3.63) is 84.1 Å². The highest BCUT2D eigenvalue weighted by atomic mass is 35.5. The van der Waals surface area contributed by atoms with Crippen LogP contribution in [0.15, 0.2) is 58.0 Å². The highest BCUT2D eigenvalue weighted by molar-refractivity contribution is 7.07. The number of carbonyl (C=O) groups excluding carboxylic acids is 1. The molecule has 5 rings (SSSR count). The Morgan fingerprint density at radius 2 is 2.10 bits per heavy atom. The third-order valence-electron chi connectivity index (χ3n) is 5.27. The molecule has 1 atom stereocenters. The number of thiazole rings is 1. The molecule has 0 aliphatic carbocycles. The molecule has 0 amide bonds. The van der Waals surface area contributed by atoms with Crippen molar-refractivity contribution in [3.63, 3.8) is 0 Å². The molecule has 29 heavy (non-hydrogen) atoms. The third kappa shape index (κ3) is 2.89. The molecule has 2 aliphatic heterocycles. The standard InChI is InChI=1S/C21H16ClN3O3S/c1-28-17(26)11-16-20(27)25-19(12-4-6-13(22)7-5-12)14-8-10-24-9-2-3-15(24)18(14)23-21(25)29-16/h2-7,9,11,19H,8,10H2,1H3/b16-11-. The first kappa shape index (κ1) is 18.1. The van der Waals surface area contributed by atoms with Crippen LogP contribution in [0.4, 0.5) is 0 Å². The average Bonchev–Trinajstić information content (AvgIpc) is 3.32. The Bertz CT molecular complexity index is 1340. The van der Waals surface area contributed by atoms with Crippen molar-refractivity contribution >= 4 is 40.7 Å². The van der Waals surface area contributed by atoms with Crippen molar-refractivity contribution in [1.82, 2.24) is 9.13 Å². The summed E-state index contributed by atoms with van der Waals surface area (Å²) < 4.78 is 8.86. The van der Waals surface area contributed by atoms with E-state index >= 15 is 0 Å². The minimum Gasteiger partial charge on any atom is -0.466 e. The fourth-order valence-corrected chi connectivity index (χ4v) is 5.04. The van der Waals surface area contributed by atoms with Gasteiger partial charge in [-0.25, -0.2) is 9.79 Å². The van der Waals surface area contributed by atoms with E-state index in [-0.39, 0.29) is 11.6 Å². The maximum Gasteiger partial charge on any atom is 0.332 e. The van der Waals surface area contributed by atoms with E-state index < -0.39 is 5.97 Å². The monoisotopic (exact) mass is 425 g/mol. The lowest BCUT2D eigenvalue weighted by molar-refractivity contribution is -0.133.